The van der Waals surface area contributed by atoms with Crippen LogP contribution in [0.5, 0.6) is 0 Å². The first kappa shape index (κ1) is 24.7. The molecule has 4 rings (SSSR count). The first-order chi connectivity index (χ1) is 16.2. The Kier molecular flexibility index (Phi) is 7.59. The summed E-state index contributed by atoms with van der Waals surface area (Å²) < 4.78 is 43.0. The SMILES string of the molecule is O=C(CC1SC(=NS(=O)(=O)c2ccc(Cl)cc2)N(C2CCCCC2)C1=O)Nc1ccc(F)cc1. The van der Waals surface area contributed by atoms with E-state index in [2.05, 4.69) is 9.71 Å². The third-order valence-corrected chi connectivity index (χ3v) is 8.52. The molecule has 180 valence electrons. The van der Waals surface area contributed by atoms with Gasteiger partial charge in [0.25, 0.3) is 10.0 Å². The Morgan fingerprint density at radius 3 is 2.38 bits per heavy atom. The van der Waals surface area contributed by atoms with Crippen LogP contribution in [0.1, 0.15) is 38.5 Å². The van der Waals surface area contributed by atoms with Crippen molar-refractivity contribution in [1.29, 1.82) is 0 Å². The summed E-state index contributed by atoms with van der Waals surface area (Å²) in [5.41, 5.74) is 0.408. The molecule has 1 N–H and O–H groups in total. The summed E-state index contributed by atoms with van der Waals surface area (Å²) in [7, 11) is -4.08. The van der Waals surface area contributed by atoms with Gasteiger partial charge in [-0.3, -0.25) is 14.5 Å². The molecule has 7 nitrogen and oxygen atoms in total. The number of thioether (sulfide) groups is 1. The quantitative estimate of drug-likeness (QED) is 0.585. The summed E-state index contributed by atoms with van der Waals surface area (Å²) in [5, 5.41) is 2.33. The third kappa shape index (κ3) is 5.79. The molecule has 1 atom stereocenters. The molecule has 34 heavy (non-hydrogen) atoms. The average molecular weight is 524 g/mol. The minimum atomic E-state index is -4.08. The van der Waals surface area contributed by atoms with Crippen molar-refractivity contribution in [2.45, 2.75) is 54.7 Å². The number of sulfonamides is 1. The molecule has 1 aliphatic carbocycles. The lowest BCUT2D eigenvalue weighted by Gasteiger charge is -2.30. The molecule has 2 aromatic rings. The number of hydrogen-bond acceptors (Lipinski definition) is 5. The van der Waals surface area contributed by atoms with Crippen molar-refractivity contribution in [3.63, 3.8) is 0 Å². The standard InChI is InChI=1S/C23H23ClFN3O4S2/c24-15-6-12-19(13-7-15)34(31,32)27-23-28(18-4-2-1-3-5-18)22(30)20(33-23)14-21(29)26-17-10-8-16(25)9-11-17/h6-13,18,20H,1-5,14H2,(H,26,29). The lowest BCUT2D eigenvalue weighted by Crippen LogP contribution is -2.42. The van der Waals surface area contributed by atoms with Gasteiger partial charge in [-0.1, -0.05) is 42.6 Å². The molecule has 0 aromatic heterocycles. The molecule has 2 aromatic carbocycles. The van der Waals surface area contributed by atoms with Crippen LogP contribution >= 0.6 is 23.4 Å². The number of carbonyl (C=O) groups excluding carboxylic acids is 2. The molecule has 11 heteroatoms. The molecule has 0 bridgehead atoms. The van der Waals surface area contributed by atoms with E-state index in [0.29, 0.717) is 10.7 Å². The second-order valence-corrected chi connectivity index (χ2v) is 11.4. The highest BCUT2D eigenvalue weighted by molar-refractivity contribution is 8.16. The van der Waals surface area contributed by atoms with Crippen LogP contribution in [0.3, 0.4) is 0 Å². The van der Waals surface area contributed by atoms with Gasteiger partial charge in [-0.25, -0.2) is 4.39 Å². The highest BCUT2D eigenvalue weighted by Crippen LogP contribution is 2.36. The normalized spacial score (nSPS) is 20.6. The van der Waals surface area contributed by atoms with Crippen LogP contribution in [0.4, 0.5) is 10.1 Å². The summed E-state index contributed by atoms with van der Waals surface area (Å²) in [4.78, 5) is 27.3. The number of anilines is 1. The van der Waals surface area contributed by atoms with Crippen molar-refractivity contribution in [2.75, 3.05) is 5.32 Å². The summed E-state index contributed by atoms with van der Waals surface area (Å²) in [6, 6.07) is 10.8. The van der Waals surface area contributed by atoms with Crippen LogP contribution in [0.25, 0.3) is 0 Å². The highest BCUT2D eigenvalue weighted by Gasteiger charge is 2.43. The Morgan fingerprint density at radius 2 is 1.74 bits per heavy atom. The maximum Gasteiger partial charge on any atom is 0.284 e. The molecule has 1 aliphatic heterocycles. The van der Waals surface area contributed by atoms with Gasteiger partial charge < -0.3 is 5.32 Å². The largest absolute Gasteiger partial charge is 0.326 e. The summed E-state index contributed by atoms with van der Waals surface area (Å²) in [6.07, 6.45) is 4.27. The van der Waals surface area contributed by atoms with Gasteiger partial charge >= 0.3 is 0 Å². The minimum absolute atomic E-state index is 0.0291. The van der Waals surface area contributed by atoms with Gasteiger partial charge in [0, 0.05) is 23.2 Å². The van der Waals surface area contributed by atoms with Crippen LogP contribution in [-0.4, -0.2) is 41.6 Å². The van der Waals surface area contributed by atoms with E-state index in [1.807, 2.05) is 0 Å². The zero-order valence-corrected chi connectivity index (χ0v) is 20.5. The number of benzene rings is 2. The monoisotopic (exact) mass is 523 g/mol. The van der Waals surface area contributed by atoms with Crippen LogP contribution in [0, 0.1) is 5.82 Å². The van der Waals surface area contributed by atoms with Gasteiger partial charge in [-0.05, 0) is 61.4 Å². The van der Waals surface area contributed by atoms with Crippen LogP contribution in [0.2, 0.25) is 5.02 Å². The number of rotatable bonds is 6. The van der Waals surface area contributed by atoms with Gasteiger partial charge in [-0.2, -0.15) is 8.42 Å². The Bertz CT molecular complexity index is 1200. The summed E-state index contributed by atoms with van der Waals surface area (Å²) in [5.74, 6) is -1.18. The van der Waals surface area contributed by atoms with Crippen molar-refractivity contribution < 1.29 is 22.4 Å². The highest BCUT2D eigenvalue weighted by atomic mass is 35.5. The maximum atomic E-state index is 13.3. The average Bonchev–Trinajstić information content (AvgIpc) is 3.10. The molecular weight excluding hydrogens is 501 g/mol. The molecule has 0 spiro atoms. The number of amidine groups is 1. The van der Waals surface area contributed by atoms with Gasteiger partial charge in [0.15, 0.2) is 5.17 Å². The second kappa shape index (κ2) is 10.5. The van der Waals surface area contributed by atoms with E-state index in [1.54, 1.807) is 0 Å². The minimum Gasteiger partial charge on any atom is -0.326 e. The first-order valence-electron chi connectivity index (χ1n) is 10.9. The number of hydrogen-bond donors (Lipinski definition) is 1. The summed E-state index contributed by atoms with van der Waals surface area (Å²) in [6.45, 7) is 0. The van der Waals surface area contributed by atoms with Crippen molar-refractivity contribution in [3.8, 4) is 0 Å². The lowest BCUT2D eigenvalue weighted by atomic mass is 9.94. The Morgan fingerprint density at radius 1 is 1.09 bits per heavy atom. The van der Waals surface area contributed by atoms with E-state index < -0.39 is 27.0 Å². The number of nitrogens with one attached hydrogen (secondary N) is 1. The molecule has 2 aliphatic rings. The first-order valence-corrected chi connectivity index (χ1v) is 13.6. The van der Waals surface area contributed by atoms with E-state index >= 15 is 0 Å². The van der Waals surface area contributed by atoms with Crippen molar-refractivity contribution in [2.24, 2.45) is 4.40 Å². The molecule has 1 heterocycles. The van der Waals surface area contributed by atoms with Crippen molar-refractivity contribution >= 4 is 56.1 Å². The van der Waals surface area contributed by atoms with Gasteiger partial charge in [0.05, 0.1) is 4.90 Å². The predicted molar refractivity (Wildman–Crippen MR) is 131 cm³/mol. The lowest BCUT2D eigenvalue weighted by molar-refractivity contribution is -0.130. The second-order valence-electron chi connectivity index (χ2n) is 8.17. The Labute approximate surface area is 206 Å². The van der Waals surface area contributed by atoms with E-state index in [9.17, 15) is 22.4 Å². The summed E-state index contributed by atoms with van der Waals surface area (Å²) >= 11 is 6.85. The maximum absolute atomic E-state index is 13.3. The molecule has 1 unspecified atom stereocenters. The number of amides is 2. The van der Waals surface area contributed by atoms with Crippen molar-refractivity contribution in [1.82, 2.24) is 4.90 Å². The van der Waals surface area contributed by atoms with E-state index in [0.717, 1.165) is 43.9 Å². The third-order valence-electron chi connectivity index (χ3n) is 5.72. The fraction of sp³-hybridized carbons (Fsp3) is 0.348. The zero-order chi connectivity index (χ0) is 24.3. The molecule has 1 saturated carbocycles. The smallest absolute Gasteiger partial charge is 0.284 e. The predicted octanol–water partition coefficient (Wildman–Crippen LogP) is 4.83. The topological polar surface area (TPSA) is 95.9 Å². The number of carbonyl (C=O) groups is 2. The molecule has 0 radical (unpaired) electrons. The van der Waals surface area contributed by atoms with E-state index in [1.165, 1.54) is 53.4 Å². The Balaban J connectivity index is 1.57. The van der Waals surface area contributed by atoms with E-state index in [4.69, 9.17) is 11.6 Å². The van der Waals surface area contributed by atoms with Gasteiger partial charge in [-0.15, -0.1) is 4.40 Å². The van der Waals surface area contributed by atoms with Gasteiger partial charge in [0.2, 0.25) is 11.8 Å². The van der Waals surface area contributed by atoms with Crippen molar-refractivity contribution in [3.05, 3.63) is 59.4 Å². The fourth-order valence-corrected chi connectivity index (χ4v) is 6.56. The molecular formula is C23H23ClFN3O4S2. The van der Waals surface area contributed by atoms with E-state index in [-0.39, 0.29) is 28.4 Å². The number of nitrogens with zero attached hydrogens (tertiary/aromatic N) is 2. The van der Waals surface area contributed by atoms with Crippen LogP contribution in [-0.2, 0) is 19.6 Å². The molecule has 2 amide bonds. The zero-order valence-electron chi connectivity index (χ0n) is 18.1. The Hall–Kier alpha value is -2.43. The fourth-order valence-electron chi connectivity index (χ4n) is 4.03. The molecule has 1 saturated heterocycles. The molecule has 2 fully saturated rings. The van der Waals surface area contributed by atoms with Gasteiger partial charge in [0.1, 0.15) is 11.1 Å². The van der Waals surface area contributed by atoms with Crippen LogP contribution < -0.4 is 5.32 Å². The van der Waals surface area contributed by atoms with Crippen LogP contribution in [0.15, 0.2) is 57.8 Å². The number of halogens is 2.